The van der Waals surface area contributed by atoms with Gasteiger partial charge in [-0.05, 0) is 40.5 Å². The van der Waals surface area contributed by atoms with Gasteiger partial charge in [0.2, 0.25) is 5.95 Å². The highest BCUT2D eigenvalue weighted by Gasteiger charge is 2.50. The van der Waals surface area contributed by atoms with Crippen LogP contribution in [0, 0.1) is 12.3 Å². The van der Waals surface area contributed by atoms with Crippen LogP contribution in [0.4, 0.5) is 22.2 Å². The van der Waals surface area contributed by atoms with Gasteiger partial charge in [-0.2, -0.15) is 10.1 Å². The number of ether oxygens (including phenoxy) is 1. The molecule has 1 saturated heterocycles. The maximum absolute atomic E-state index is 12.8. The van der Waals surface area contributed by atoms with Crippen molar-refractivity contribution in [1.82, 2.24) is 24.6 Å². The number of nitrogens with one attached hydrogen (secondary N) is 2. The van der Waals surface area contributed by atoms with Crippen molar-refractivity contribution in [2.45, 2.75) is 65.0 Å². The van der Waals surface area contributed by atoms with Crippen LogP contribution in [0.5, 0.6) is 0 Å². The molecule has 1 spiro atoms. The van der Waals surface area contributed by atoms with Gasteiger partial charge in [0.1, 0.15) is 11.4 Å². The molecule has 168 valence electrons. The highest BCUT2D eigenvalue weighted by molar-refractivity contribution is 5.69. The number of hydrogen-bond acceptors (Lipinski definition) is 7. The lowest BCUT2D eigenvalue weighted by atomic mass is 9.81. The minimum atomic E-state index is -0.498. The Balaban J connectivity index is 1.52. The Labute approximate surface area is 183 Å². The fraction of sp³-hybridized carbons (Fsp3) is 0.636. The number of aromatic nitrogens is 4. The summed E-state index contributed by atoms with van der Waals surface area (Å²) >= 11 is 0. The van der Waals surface area contributed by atoms with Crippen molar-refractivity contribution in [2.24, 2.45) is 12.5 Å². The number of carbonyl (C=O) groups is 1. The van der Waals surface area contributed by atoms with Crippen LogP contribution in [-0.4, -0.2) is 55.5 Å². The predicted octanol–water partition coefficient (Wildman–Crippen LogP) is 3.85. The molecular weight excluding hydrogens is 394 g/mol. The van der Waals surface area contributed by atoms with Crippen molar-refractivity contribution in [3.63, 3.8) is 0 Å². The van der Waals surface area contributed by atoms with Crippen molar-refractivity contribution < 1.29 is 9.53 Å². The maximum atomic E-state index is 12.8. The van der Waals surface area contributed by atoms with Crippen molar-refractivity contribution in [2.75, 3.05) is 23.7 Å². The molecule has 2 aromatic rings. The van der Waals surface area contributed by atoms with Crippen molar-refractivity contribution in [3.05, 3.63) is 24.2 Å². The van der Waals surface area contributed by atoms with Crippen LogP contribution in [0.2, 0.25) is 0 Å². The summed E-state index contributed by atoms with van der Waals surface area (Å²) in [6.45, 7) is 9.06. The van der Waals surface area contributed by atoms with Gasteiger partial charge in [0.25, 0.3) is 0 Å². The summed E-state index contributed by atoms with van der Waals surface area (Å²) < 4.78 is 7.38. The number of hydrogen-bond donors (Lipinski definition) is 2. The number of carbonyl (C=O) groups excluding carboxylic acids is 1. The number of nitrogens with zero attached hydrogens (tertiary/aromatic N) is 5. The molecule has 1 amide bonds. The highest BCUT2D eigenvalue weighted by atomic mass is 16.6. The number of anilines is 3. The van der Waals surface area contributed by atoms with E-state index >= 15 is 0 Å². The summed E-state index contributed by atoms with van der Waals surface area (Å²) in [5.74, 6) is 1.31. The quantitative estimate of drug-likeness (QED) is 0.765. The molecule has 0 radical (unpaired) electrons. The molecule has 0 bridgehead atoms. The molecular formula is C22H33N7O2. The standard InChI is InChI=1S/C22H33N7O2/c1-15-10-23-19(25-16-11-24-28(5)12-16)27-18(15)26-17-13-29(20(30)31-21(2,3)4)14-22(17)8-6-7-9-22/h10-12,17H,6-9,13-14H2,1-5H3,(H2,23,25,26,27). The van der Waals surface area contributed by atoms with Crippen LogP contribution >= 0.6 is 0 Å². The van der Waals surface area contributed by atoms with Crippen LogP contribution in [0.15, 0.2) is 18.6 Å². The SMILES string of the molecule is Cc1cnc(Nc2cnn(C)c2)nc1NC1CN(C(=O)OC(C)(C)C)CC12CCCC2. The molecule has 9 nitrogen and oxygen atoms in total. The monoisotopic (exact) mass is 427 g/mol. The minimum Gasteiger partial charge on any atom is -0.444 e. The lowest BCUT2D eigenvalue weighted by Gasteiger charge is -2.31. The van der Waals surface area contributed by atoms with Gasteiger partial charge in [0.15, 0.2) is 0 Å². The second-order valence-corrected chi connectivity index (χ2v) is 9.88. The van der Waals surface area contributed by atoms with E-state index in [0.29, 0.717) is 12.5 Å². The lowest BCUT2D eigenvalue weighted by Crippen LogP contribution is -2.38. The number of aryl methyl sites for hydroxylation is 2. The van der Waals surface area contributed by atoms with Gasteiger partial charge in [0.05, 0.1) is 17.9 Å². The van der Waals surface area contributed by atoms with Crippen LogP contribution in [0.3, 0.4) is 0 Å². The molecule has 9 heteroatoms. The fourth-order valence-corrected chi connectivity index (χ4v) is 4.65. The number of rotatable bonds is 4. The first-order chi connectivity index (χ1) is 14.6. The normalized spacial score (nSPS) is 20.3. The summed E-state index contributed by atoms with van der Waals surface area (Å²) in [4.78, 5) is 23.7. The smallest absolute Gasteiger partial charge is 0.410 e. The van der Waals surface area contributed by atoms with Gasteiger partial charge in [-0.3, -0.25) is 4.68 Å². The summed E-state index contributed by atoms with van der Waals surface area (Å²) in [5.41, 5.74) is 1.37. The zero-order valence-corrected chi connectivity index (χ0v) is 19.1. The van der Waals surface area contributed by atoms with E-state index in [1.165, 1.54) is 12.8 Å². The Hall–Kier alpha value is -2.84. The van der Waals surface area contributed by atoms with Crippen molar-refractivity contribution in [3.8, 4) is 0 Å². The van der Waals surface area contributed by atoms with E-state index in [-0.39, 0.29) is 17.6 Å². The molecule has 2 aliphatic rings. The van der Waals surface area contributed by atoms with E-state index in [9.17, 15) is 4.79 Å². The van der Waals surface area contributed by atoms with Crippen molar-refractivity contribution in [1.29, 1.82) is 0 Å². The van der Waals surface area contributed by atoms with Gasteiger partial charge in [0, 0.05) is 43.5 Å². The third-order valence-corrected chi connectivity index (χ3v) is 6.14. The molecule has 2 N–H and O–H groups in total. The van der Waals surface area contributed by atoms with Crippen LogP contribution in [0.25, 0.3) is 0 Å². The summed E-state index contributed by atoms with van der Waals surface area (Å²) in [7, 11) is 1.87. The van der Waals surface area contributed by atoms with Crippen molar-refractivity contribution >= 4 is 23.5 Å². The Morgan fingerprint density at radius 1 is 1.26 bits per heavy atom. The Morgan fingerprint density at radius 2 is 2.00 bits per heavy atom. The summed E-state index contributed by atoms with van der Waals surface area (Å²) in [5, 5.41) is 11.0. The zero-order valence-electron chi connectivity index (χ0n) is 19.1. The zero-order chi connectivity index (χ0) is 22.2. The van der Waals surface area contributed by atoms with E-state index in [4.69, 9.17) is 9.72 Å². The van der Waals surface area contributed by atoms with Gasteiger partial charge in [-0.25, -0.2) is 9.78 Å². The van der Waals surface area contributed by atoms with Gasteiger partial charge in [-0.1, -0.05) is 12.8 Å². The van der Waals surface area contributed by atoms with Gasteiger partial charge >= 0.3 is 6.09 Å². The summed E-state index contributed by atoms with van der Waals surface area (Å²) in [6, 6.07) is 0.127. The first-order valence-corrected chi connectivity index (χ1v) is 11.0. The topological polar surface area (TPSA) is 97.2 Å². The average Bonchev–Trinajstić information content (AvgIpc) is 3.39. The van der Waals surface area contributed by atoms with E-state index < -0.39 is 5.60 Å². The molecule has 2 fully saturated rings. The van der Waals surface area contributed by atoms with Gasteiger partial charge < -0.3 is 20.3 Å². The van der Waals surface area contributed by atoms with E-state index in [1.54, 1.807) is 10.9 Å². The van der Waals surface area contributed by atoms with Crippen LogP contribution in [-0.2, 0) is 11.8 Å². The molecule has 1 atom stereocenters. The van der Waals surface area contributed by atoms with E-state index in [0.717, 1.165) is 36.5 Å². The molecule has 2 aromatic heterocycles. The minimum absolute atomic E-state index is 0.0608. The van der Waals surface area contributed by atoms with E-state index in [1.807, 2.05) is 52.0 Å². The molecule has 1 aliphatic heterocycles. The molecule has 3 heterocycles. The number of amides is 1. The second-order valence-electron chi connectivity index (χ2n) is 9.88. The third-order valence-electron chi connectivity index (χ3n) is 6.14. The fourth-order valence-electron chi connectivity index (χ4n) is 4.65. The molecule has 1 saturated carbocycles. The van der Waals surface area contributed by atoms with Gasteiger partial charge in [-0.15, -0.1) is 0 Å². The second kappa shape index (κ2) is 8.01. The highest BCUT2D eigenvalue weighted by Crippen LogP contribution is 2.47. The van der Waals surface area contributed by atoms with Crippen LogP contribution < -0.4 is 10.6 Å². The first kappa shape index (κ1) is 21.4. The first-order valence-electron chi connectivity index (χ1n) is 11.0. The number of likely N-dealkylation sites (tertiary alicyclic amines) is 1. The summed E-state index contributed by atoms with van der Waals surface area (Å²) in [6.07, 6.45) is 9.79. The average molecular weight is 428 g/mol. The third kappa shape index (κ3) is 4.75. The predicted molar refractivity (Wildman–Crippen MR) is 119 cm³/mol. The molecule has 0 aromatic carbocycles. The maximum Gasteiger partial charge on any atom is 0.410 e. The molecule has 31 heavy (non-hydrogen) atoms. The Morgan fingerprint density at radius 3 is 2.65 bits per heavy atom. The molecule has 1 unspecified atom stereocenters. The Bertz CT molecular complexity index is 944. The largest absolute Gasteiger partial charge is 0.444 e. The lowest BCUT2D eigenvalue weighted by molar-refractivity contribution is 0.0273. The molecule has 4 rings (SSSR count). The van der Waals surface area contributed by atoms with Crippen LogP contribution in [0.1, 0.15) is 52.0 Å². The molecule has 1 aliphatic carbocycles. The Kier molecular flexibility index (Phi) is 5.53. The van der Waals surface area contributed by atoms with E-state index in [2.05, 4.69) is 20.7 Å².